The maximum absolute atomic E-state index is 14.5. The summed E-state index contributed by atoms with van der Waals surface area (Å²) in [5.41, 5.74) is 1.91. The minimum absolute atomic E-state index is 0.0822. The molecule has 0 amide bonds. The molecule has 0 aliphatic heterocycles. The number of carboxylic acids is 1. The zero-order valence-corrected chi connectivity index (χ0v) is 41.7. The first-order valence-electron chi connectivity index (χ1n) is 20.4. The number of nitrogens with zero attached hydrogens (tertiary/aromatic N) is 1. The van der Waals surface area contributed by atoms with E-state index in [1.807, 2.05) is 32.9 Å². The van der Waals surface area contributed by atoms with Crippen LogP contribution >= 0.6 is 46.1 Å². The van der Waals surface area contributed by atoms with E-state index in [9.17, 15) is 19.5 Å². The van der Waals surface area contributed by atoms with E-state index in [1.54, 1.807) is 32.1 Å². The molecule has 9 nitrogen and oxygen atoms in total. The van der Waals surface area contributed by atoms with Crippen LogP contribution in [-0.2, 0) is 27.9 Å². The van der Waals surface area contributed by atoms with Crippen LogP contribution in [0.5, 0.6) is 0 Å². The van der Waals surface area contributed by atoms with Crippen LogP contribution in [0, 0.1) is 24.2 Å². The number of hydrogen-bond acceptors (Lipinski definition) is 9. The molecule has 0 aromatic carbocycles. The second-order valence-corrected chi connectivity index (χ2v) is 28.9. The standard InChI is InChI=1S/C42H70Cl3NO8SSi2/c1-14-56(15-2,16-3)53-35(31(9)25-34-27-55-33(11)46-34)24-23-29(7)21-20-22-30(8)38(52-40(50)51-28-42(43,44)45)32(10)39(49)41(12,13)36(26-37(47)48)54-57(17-4,18-5)19-6/h20-21,23,25,27,30,32,35-36,38H,14-19,22,24,26,28H2,1-13H3,(H,47,48)/b21-20?,29-23-,31-25+/t30?,32-,35+,36+,38+/m1/s1. The first-order valence-corrected chi connectivity index (χ1v) is 27.5. The van der Waals surface area contributed by atoms with Crippen LogP contribution in [0.25, 0.3) is 6.08 Å². The molecule has 326 valence electrons. The molecular formula is C42H70Cl3NO8SSi2. The summed E-state index contributed by atoms with van der Waals surface area (Å²) in [5, 5.41) is 13.0. The molecule has 5 atom stereocenters. The zero-order chi connectivity index (χ0) is 43.8. The van der Waals surface area contributed by atoms with Crippen molar-refractivity contribution in [1.29, 1.82) is 0 Å². The summed E-state index contributed by atoms with van der Waals surface area (Å²) in [6, 6.07) is 5.53. The number of carboxylic acid groups (broad SMARTS) is 1. The van der Waals surface area contributed by atoms with Gasteiger partial charge in [-0.1, -0.05) is 128 Å². The number of hydrogen-bond donors (Lipinski definition) is 1. The van der Waals surface area contributed by atoms with Gasteiger partial charge in [-0.2, -0.15) is 0 Å². The lowest BCUT2D eigenvalue weighted by atomic mass is 9.73. The van der Waals surface area contributed by atoms with E-state index >= 15 is 0 Å². The Balaban J connectivity index is 3.43. The Labute approximate surface area is 364 Å². The van der Waals surface area contributed by atoms with Gasteiger partial charge in [0, 0.05) is 10.8 Å². The van der Waals surface area contributed by atoms with Gasteiger partial charge in [-0.05, 0) is 87.4 Å². The molecule has 1 aromatic rings. The van der Waals surface area contributed by atoms with Crippen molar-refractivity contribution in [1.82, 2.24) is 4.98 Å². The highest BCUT2D eigenvalue weighted by Gasteiger charge is 2.47. The smallest absolute Gasteiger partial charge is 0.481 e. The summed E-state index contributed by atoms with van der Waals surface area (Å²) in [6.07, 6.45) is 6.20. The number of aliphatic carboxylic acids is 1. The van der Waals surface area contributed by atoms with Gasteiger partial charge in [0.15, 0.2) is 16.6 Å². The van der Waals surface area contributed by atoms with Gasteiger partial charge < -0.3 is 23.4 Å². The maximum Gasteiger partial charge on any atom is 0.508 e. The summed E-state index contributed by atoms with van der Waals surface area (Å²) in [7, 11) is -4.23. The van der Waals surface area contributed by atoms with Crippen LogP contribution in [0.2, 0.25) is 36.3 Å². The third-order valence-electron chi connectivity index (χ3n) is 11.6. The van der Waals surface area contributed by atoms with Crippen molar-refractivity contribution in [3.05, 3.63) is 45.5 Å². The van der Waals surface area contributed by atoms with E-state index in [-0.39, 0.29) is 24.2 Å². The third-order valence-corrected chi connectivity index (χ3v) is 22.0. The second kappa shape index (κ2) is 24.7. The molecule has 0 spiro atoms. The van der Waals surface area contributed by atoms with Gasteiger partial charge in [-0.15, -0.1) is 11.3 Å². The number of ether oxygens (including phenoxy) is 2. The molecule has 1 aromatic heterocycles. The molecule has 15 heteroatoms. The molecule has 1 heterocycles. The van der Waals surface area contributed by atoms with Crippen LogP contribution in [0.15, 0.2) is 34.8 Å². The van der Waals surface area contributed by atoms with Crippen molar-refractivity contribution in [3.8, 4) is 0 Å². The average molecular weight is 912 g/mol. The minimum Gasteiger partial charge on any atom is -0.481 e. The number of aryl methyl sites for hydroxylation is 1. The lowest BCUT2D eigenvalue weighted by molar-refractivity contribution is -0.146. The van der Waals surface area contributed by atoms with Crippen molar-refractivity contribution < 1.29 is 37.8 Å². The van der Waals surface area contributed by atoms with Crippen LogP contribution in [0.3, 0.4) is 0 Å². The Morgan fingerprint density at radius 3 is 1.93 bits per heavy atom. The Kier molecular flexibility index (Phi) is 23.2. The van der Waals surface area contributed by atoms with Gasteiger partial charge in [0.2, 0.25) is 3.79 Å². The molecule has 0 aliphatic rings. The zero-order valence-electron chi connectivity index (χ0n) is 36.6. The van der Waals surface area contributed by atoms with E-state index in [0.29, 0.717) is 12.8 Å². The molecule has 1 unspecified atom stereocenters. The summed E-state index contributed by atoms with van der Waals surface area (Å²) < 4.78 is 22.8. The maximum atomic E-state index is 14.5. The van der Waals surface area contributed by atoms with E-state index in [2.05, 4.69) is 71.0 Å². The summed E-state index contributed by atoms with van der Waals surface area (Å²) in [4.78, 5) is 44.1. The van der Waals surface area contributed by atoms with Crippen molar-refractivity contribution in [2.45, 2.75) is 168 Å². The van der Waals surface area contributed by atoms with E-state index < -0.39 is 62.7 Å². The summed E-state index contributed by atoms with van der Waals surface area (Å²) >= 11 is 19.1. The Morgan fingerprint density at radius 2 is 1.46 bits per heavy atom. The van der Waals surface area contributed by atoms with Gasteiger partial charge in [0.05, 0.1) is 35.2 Å². The average Bonchev–Trinajstić information content (AvgIpc) is 3.57. The first kappa shape index (κ1) is 53.5. The fourth-order valence-electron chi connectivity index (χ4n) is 7.16. The number of halogens is 3. The summed E-state index contributed by atoms with van der Waals surface area (Å²) in [5.74, 6) is -2.54. The third kappa shape index (κ3) is 17.5. The fraction of sp³-hybridized carbons (Fsp3) is 0.714. The number of carbonyl (C=O) groups is 3. The highest BCUT2D eigenvalue weighted by atomic mass is 35.6. The van der Waals surface area contributed by atoms with Crippen LogP contribution in [-0.4, -0.2) is 73.3 Å². The molecule has 0 fully saturated rings. The highest BCUT2D eigenvalue weighted by molar-refractivity contribution is 7.09. The number of Topliss-reactive ketones (excluding diaryl/α,β-unsaturated/α-hetero) is 1. The van der Waals surface area contributed by atoms with Crippen molar-refractivity contribution in [2.24, 2.45) is 17.3 Å². The van der Waals surface area contributed by atoms with Crippen LogP contribution in [0.4, 0.5) is 4.79 Å². The number of ketones is 1. The van der Waals surface area contributed by atoms with E-state index in [4.69, 9.17) is 53.1 Å². The van der Waals surface area contributed by atoms with Crippen LogP contribution in [0.1, 0.15) is 113 Å². The molecule has 1 rings (SSSR count). The molecular weight excluding hydrogens is 841 g/mol. The van der Waals surface area contributed by atoms with Crippen molar-refractivity contribution in [3.63, 3.8) is 0 Å². The first-order chi connectivity index (χ1) is 26.5. The van der Waals surface area contributed by atoms with Gasteiger partial charge in [-0.25, -0.2) is 9.78 Å². The Bertz CT molecular complexity index is 1500. The number of carbonyl (C=O) groups excluding carboxylic acids is 2. The van der Waals surface area contributed by atoms with Crippen LogP contribution < -0.4 is 0 Å². The molecule has 0 bridgehead atoms. The predicted molar refractivity (Wildman–Crippen MR) is 243 cm³/mol. The quantitative estimate of drug-likeness (QED) is 0.0419. The summed E-state index contributed by atoms with van der Waals surface area (Å²) in [6.45, 7) is 25.5. The highest BCUT2D eigenvalue weighted by Crippen LogP contribution is 2.38. The Hall–Kier alpha value is -1.52. The molecule has 57 heavy (non-hydrogen) atoms. The van der Waals surface area contributed by atoms with E-state index in [1.165, 1.54) is 0 Å². The van der Waals surface area contributed by atoms with Gasteiger partial charge in [-0.3, -0.25) is 9.59 Å². The molecule has 1 N–H and O–H groups in total. The molecule has 0 radical (unpaired) electrons. The SMILES string of the molecule is CC[Si](CC)(CC)O[C@@H](C/C=C(/C)C=CCC(C)[C@H](OC(=O)OCC(Cl)(Cl)Cl)[C@@H](C)C(=O)C(C)(C)[C@H](CC(=O)O)O[Si](CC)(CC)CC)/C(C)=C/c1csc(C)n1. The molecule has 0 saturated heterocycles. The molecule has 0 saturated carbocycles. The van der Waals surface area contributed by atoms with Crippen molar-refractivity contribution in [2.75, 3.05) is 6.61 Å². The predicted octanol–water partition coefficient (Wildman–Crippen LogP) is 13.2. The van der Waals surface area contributed by atoms with Gasteiger partial charge >= 0.3 is 12.1 Å². The Morgan fingerprint density at radius 1 is 0.912 bits per heavy atom. The lowest BCUT2D eigenvalue weighted by Gasteiger charge is -2.42. The van der Waals surface area contributed by atoms with Crippen molar-refractivity contribution >= 4 is 86.8 Å². The minimum atomic E-state index is -2.31. The van der Waals surface area contributed by atoms with Gasteiger partial charge in [0.25, 0.3) is 0 Å². The largest absolute Gasteiger partial charge is 0.508 e. The van der Waals surface area contributed by atoms with Gasteiger partial charge in [0.1, 0.15) is 18.5 Å². The number of rotatable bonds is 26. The fourth-order valence-corrected chi connectivity index (χ4v) is 13.8. The lowest BCUT2D eigenvalue weighted by Crippen LogP contribution is -2.51. The number of thiazole rings is 1. The normalized spacial score (nSPS) is 16.3. The number of alkyl halides is 3. The number of allylic oxidation sites excluding steroid dienone is 3. The monoisotopic (exact) mass is 909 g/mol. The number of aromatic nitrogens is 1. The van der Waals surface area contributed by atoms with E-state index in [0.717, 1.165) is 58.1 Å². The topological polar surface area (TPSA) is 121 Å². The molecule has 0 aliphatic carbocycles. The second-order valence-electron chi connectivity index (χ2n) is 15.9.